The average Bonchev–Trinajstić information content (AvgIpc) is 2.90. The first kappa shape index (κ1) is 34.4. The maximum Gasteiger partial charge on any atom is 0.333 e. The number of aliphatic carboxylic acids is 1. The van der Waals surface area contributed by atoms with Crippen LogP contribution >= 0.6 is 0 Å². The van der Waals surface area contributed by atoms with Gasteiger partial charge in [-0.15, -0.1) is 0 Å². The van der Waals surface area contributed by atoms with Gasteiger partial charge in [-0.1, -0.05) is 159 Å². The van der Waals surface area contributed by atoms with Gasteiger partial charge >= 0.3 is 11.9 Å². The van der Waals surface area contributed by atoms with Gasteiger partial charge in [-0.25, -0.2) is 9.59 Å². The Morgan fingerprint density at radius 1 is 0.784 bits per heavy atom. The minimum atomic E-state index is -1.03. The van der Waals surface area contributed by atoms with E-state index < -0.39 is 11.9 Å². The highest BCUT2D eigenvalue weighted by Crippen LogP contribution is 2.14. The molecule has 208 valence electrons. The summed E-state index contributed by atoms with van der Waals surface area (Å²) in [5.74, 6) is -1.46. The van der Waals surface area contributed by atoms with Gasteiger partial charge in [0.1, 0.15) is 0 Å². The van der Waals surface area contributed by atoms with Crippen molar-refractivity contribution < 1.29 is 19.4 Å². The summed E-state index contributed by atoms with van der Waals surface area (Å²) in [5.41, 5.74) is 1.46. The minimum absolute atomic E-state index is 0.212. The van der Waals surface area contributed by atoms with Crippen molar-refractivity contribution in [2.75, 3.05) is 6.61 Å². The van der Waals surface area contributed by atoms with Gasteiger partial charge in [0.15, 0.2) is 0 Å². The fourth-order valence-corrected chi connectivity index (χ4v) is 3.89. The molecule has 0 aliphatic rings. The Bertz CT molecular complexity index is 736. The van der Waals surface area contributed by atoms with Crippen molar-refractivity contribution in [2.24, 2.45) is 0 Å². The van der Waals surface area contributed by atoms with E-state index in [1.165, 1.54) is 102 Å². The summed E-state index contributed by atoms with van der Waals surface area (Å²) >= 11 is 0. The van der Waals surface area contributed by atoms with Crippen molar-refractivity contribution in [1.82, 2.24) is 0 Å². The van der Waals surface area contributed by atoms with Crippen LogP contribution < -0.4 is 0 Å². The van der Waals surface area contributed by atoms with Crippen LogP contribution in [0.4, 0.5) is 0 Å². The topological polar surface area (TPSA) is 63.6 Å². The molecule has 0 aliphatic heterocycles. The van der Waals surface area contributed by atoms with Crippen LogP contribution in [-0.4, -0.2) is 23.7 Å². The molecule has 1 N–H and O–H groups in total. The molecule has 1 aromatic rings. The SMILES string of the molecule is C=C(CC=CC(=O)O)C(=O)OCCCCCCCCCCCCCCCCCC.C=Cc1ccccc1. The summed E-state index contributed by atoms with van der Waals surface area (Å²) in [6, 6.07) is 10.0. The fourth-order valence-electron chi connectivity index (χ4n) is 3.89. The van der Waals surface area contributed by atoms with Crippen molar-refractivity contribution in [3.63, 3.8) is 0 Å². The van der Waals surface area contributed by atoms with Gasteiger partial charge in [0, 0.05) is 11.6 Å². The quantitative estimate of drug-likeness (QED) is 0.0954. The van der Waals surface area contributed by atoms with Crippen molar-refractivity contribution in [2.45, 2.75) is 116 Å². The van der Waals surface area contributed by atoms with E-state index in [2.05, 4.69) is 20.1 Å². The van der Waals surface area contributed by atoms with Crippen LogP contribution in [0.2, 0.25) is 0 Å². The largest absolute Gasteiger partial charge is 0.478 e. The number of allylic oxidation sites excluding steroid dienone is 1. The lowest BCUT2D eigenvalue weighted by atomic mass is 10.0. The average molecular weight is 513 g/mol. The van der Waals surface area contributed by atoms with E-state index in [1.807, 2.05) is 36.4 Å². The molecule has 0 fully saturated rings. The number of unbranched alkanes of at least 4 members (excludes halogenated alkanes) is 15. The van der Waals surface area contributed by atoms with E-state index in [-0.39, 0.29) is 6.42 Å². The molecule has 0 aromatic heterocycles. The van der Waals surface area contributed by atoms with E-state index in [0.29, 0.717) is 12.2 Å². The number of carboxylic acid groups (broad SMARTS) is 1. The maximum absolute atomic E-state index is 11.7. The molecule has 0 saturated carbocycles. The van der Waals surface area contributed by atoms with Gasteiger partial charge in [0.25, 0.3) is 0 Å². The highest BCUT2D eigenvalue weighted by atomic mass is 16.5. The van der Waals surface area contributed by atoms with Crippen molar-refractivity contribution >= 4 is 18.0 Å². The normalized spacial score (nSPS) is 10.5. The van der Waals surface area contributed by atoms with Gasteiger partial charge in [0.2, 0.25) is 0 Å². The zero-order chi connectivity index (χ0) is 27.4. The molecule has 0 bridgehead atoms. The molecule has 1 aromatic carbocycles. The number of benzene rings is 1. The lowest BCUT2D eigenvalue weighted by Crippen LogP contribution is -2.08. The van der Waals surface area contributed by atoms with E-state index in [1.54, 1.807) is 0 Å². The molecule has 0 saturated heterocycles. The second-order valence-electron chi connectivity index (χ2n) is 9.60. The van der Waals surface area contributed by atoms with E-state index in [0.717, 1.165) is 18.9 Å². The number of hydrogen-bond donors (Lipinski definition) is 1. The number of carboxylic acids is 1. The van der Waals surface area contributed by atoms with E-state index in [4.69, 9.17) is 9.84 Å². The first-order valence-corrected chi connectivity index (χ1v) is 14.4. The molecule has 4 heteroatoms. The Morgan fingerprint density at radius 3 is 1.65 bits per heavy atom. The third-order valence-corrected chi connectivity index (χ3v) is 6.18. The maximum atomic E-state index is 11.7. The Labute approximate surface area is 226 Å². The lowest BCUT2D eigenvalue weighted by Gasteiger charge is -2.06. The van der Waals surface area contributed by atoms with Crippen molar-refractivity contribution in [3.05, 3.63) is 66.8 Å². The zero-order valence-electron chi connectivity index (χ0n) is 23.4. The molecular weight excluding hydrogens is 460 g/mol. The first-order chi connectivity index (χ1) is 18.0. The minimum Gasteiger partial charge on any atom is -0.478 e. The number of rotatable bonds is 22. The van der Waals surface area contributed by atoms with E-state index in [9.17, 15) is 9.59 Å². The zero-order valence-corrected chi connectivity index (χ0v) is 23.4. The Hall–Kier alpha value is -2.62. The van der Waals surface area contributed by atoms with Crippen LogP contribution in [0, 0.1) is 0 Å². The smallest absolute Gasteiger partial charge is 0.333 e. The predicted molar refractivity (Wildman–Crippen MR) is 158 cm³/mol. The fraction of sp³-hybridized carbons (Fsp3) is 0.576. The predicted octanol–water partition coefficient (Wildman–Crippen LogP) is 9.71. The van der Waals surface area contributed by atoms with Crippen molar-refractivity contribution in [3.8, 4) is 0 Å². The van der Waals surface area contributed by atoms with Crippen LogP contribution in [-0.2, 0) is 14.3 Å². The summed E-state index contributed by atoms with van der Waals surface area (Å²) in [4.78, 5) is 22.0. The summed E-state index contributed by atoms with van der Waals surface area (Å²) in [6.07, 6.45) is 25.5. The summed E-state index contributed by atoms with van der Waals surface area (Å²) in [6.45, 7) is 9.94. The first-order valence-electron chi connectivity index (χ1n) is 14.4. The van der Waals surface area contributed by atoms with Crippen LogP contribution in [0.3, 0.4) is 0 Å². The molecule has 4 nitrogen and oxygen atoms in total. The molecule has 0 aliphatic carbocycles. The summed E-state index contributed by atoms with van der Waals surface area (Å²) < 4.78 is 5.16. The third-order valence-electron chi connectivity index (χ3n) is 6.18. The van der Waals surface area contributed by atoms with Gasteiger partial charge in [-0.2, -0.15) is 0 Å². The molecule has 0 radical (unpaired) electrons. The van der Waals surface area contributed by atoms with Crippen LogP contribution in [0.5, 0.6) is 0 Å². The van der Waals surface area contributed by atoms with Gasteiger partial charge in [-0.3, -0.25) is 0 Å². The molecule has 0 atom stereocenters. The Balaban J connectivity index is 0.00000136. The number of esters is 1. The monoisotopic (exact) mass is 512 g/mol. The third kappa shape index (κ3) is 24.8. The highest BCUT2D eigenvalue weighted by molar-refractivity contribution is 5.88. The van der Waals surface area contributed by atoms with Crippen LogP contribution in [0.1, 0.15) is 122 Å². The highest BCUT2D eigenvalue weighted by Gasteiger charge is 2.06. The molecule has 0 unspecified atom stereocenters. The second-order valence-corrected chi connectivity index (χ2v) is 9.60. The standard InChI is InChI=1S/C25H44O4.C8H8/c1-3-4-5-6-7-8-9-10-11-12-13-14-15-16-17-18-22-29-25(28)23(2)20-19-21-24(26)27;1-2-8-6-4-3-5-7-8/h19,21H,2-18,20,22H2,1H3,(H,26,27);2-7H,1H2. The molecule has 0 amide bonds. The van der Waals surface area contributed by atoms with Crippen molar-refractivity contribution in [1.29, 1.82) is 0 Å². The number of carbonyl (C=O) groups excluding carboxylic acids is 1. The number of hydrogen-bond acceptors (Lipinski definition) is 3. The van der Waals surface area contributed by atoms with Gasteiger partial charge in [-0.05, 0) is 18.4 Å². The van der Waals surface area contributed by atoms with Gasteiger partial charge < -0.3 is 9.84 Å². The molecule has 0 heterocycles. The molecule has 37 heavy (non-hydrogen) atoms. The van der Waals surface area contributed by atoms with Crippen LogP contribution in [0.25, 0.3) is 6.08 Å². The van der Waals surface area contributed by atoms with Crippen LogP contribution in [0.15, 0.2) is 61.2 Å². The molecule has 1 rings (SSSR count). The number of carbonyl (C=O) groups is 2. The molecule has 0 spiro atoms. The second kappa shape index (κ2) is 26.4. The van der Waals surface area contributed by atoms with E-state index >= 15 is 0 Å². The Morgan fingerprint density at radius 2 is 1.24 bits per heavy atom. The summed E-state index contributed by atoms with van der Waals surface area (Å²) in [5, 5.41) is 8.50. The lowest BCUT2D eigenvalue weighted by molar-refractivity contribution is -0.139. The summed E-state index contributed by atoms with van der Waals surface area (Å²) in [7, 11) is 0. The van der Waals surface area contributed by atoms with Gasteiger partial charge in [0.05, 0.1) is 6.61 Å². The Kier molecular flexibility index (Phi) is 24.6. The molecular formula is C33H52O4. The number of ether oxygens (including phenoxy) is 1.